The van der Waals surface area contributed by atoms with Crippen molar-refractivity contribution in [3.05, 3.63) is 42.1 Å². The van der Waals surface area contributed by atoms with E-state index in [0.29, 0.717) is 11.5 Å². The number of rotatable bonds is 4. The van der Waals surface area contributed by atoms with E-state index in [-0.39, 0.29) is 0 Å². The first kappa shape index (κ1) is 14.6. The molecule has 6 heteroatoms. The van der Waals surface area contributed by atoms with E-state index in [4.69, 9.17) is 4.74 Å². The lowest BCUT2D eigenvalue weighted by Gasteiger charge is -2.11. The van der Waals surface area contributed by atoms with Crippen molar-refractivity contribution in [1.29, 1.82) is 0 Å². The summed E-state index contributed by atoms with van der Waals surface area (Å²) in [7, 11) is 2.93. The Morgan fingerprint density at radius 1 is 1.19 bits per heavy atom. The Labute approximate surface area is 123 Å². The van der Waals surface area contributed by atoms with Gasteiger partial charge in [-0.15, -0.1) is 0 Å². The van der Waals surface area contributed by atoms with Gasteiger partial charge >= 0.3 is 6.09 Å². The van der Waals surface area contributed by atoms with Gasteiger partial charge in [-0.1, -0.05) is 6.07 Å². The monoisotopic (exact) mass is 287 g/mol. The van der Waals surface area contributed by atoms with Crippen molar-refractivity contribution in [2.45, 2.75) is 6.92 Å². The number of benzene rings is 1. The van der Waals surface area contributed by atoms with Crippen LogP contribution in [-0.4, -0.2) is 25.3 Å². The highest BCUT2D eigenvalue weighted by Gasteiger charge is 2.05. The molecule has 0 radical (unpaired) electrons. The minimum absolute atomic E-state index is 0.530. The summed E-state index contributed by atoms with van der Waals surface area (Å²) in [5.41, 5.74) is 2.50. The predicted molar refractivity (Wildman–Crippen MR) is 81.3 cm³/mol. The second-order valence-corrected chi connectivity index (χ2v) is 4.38. The number of carbonyl (C=O) groups excluding carboxylic acids is 1. The lowest BCUT2D eigenvalue weighted by molar-refractivity contribution is 0.187. The number of methoxy groups -OCH3 is 2. The molecule has 21 heavy (non-hydrogen) atoms. The summed E-state index contributed by atoms with van der Waals surface area (Å²) in [5.74, 6) is 1.38. The van der Waals surface area contributed by atoms with Crippen LogP contribution in [0, 0.1) is 6.92 Å². The smallest absolute Gasteiger partial charge is 0.411 e. The summed E-state index contributed by atoms with van der Waals surface area (Å²) < 4.78 is 9.81. The van der Waals surface area contributed by atoms with Crippen LogP contribution in [0.1, 0.15) is 5.56 Å². The highest BCUT2D eigenvalue weighted by molar-refractivity contribution is 5.84. The van der Waals surface area contributed by atoms with Crippen molar-refractivity contribution in [3.8, 4) is 5.75 Å². The van der Waals surface area contributed by atoms with E-state index in [0.717, 1.165) is 17.0 Å². The third-order valence-corrected chi connectivity index (χ3v) is 2.81. The van der Waals surface area contributed by atoms with Crippen LogP contribution in [0.5, 0.6) is 5.75 Å². The summed E-state index contributed by atoms with van der Waals surface area (Å²) in [4.78, 5) is 15.3. The van der Waals surface area contributed by atoms with E-state index in [9.17, 15) is 4.79 Å². The normalized spacial score (nSPS) is 9.86. The van der Waals surface area contributed by atoms with Gasteiger partial charge in [0.25, 0.3) is 0 Å². The van der Waals surface area contributed by atoms with Gasteiger partial charge in [0.05, 0.1) is 31.8 Å². The van der Waals surface area contributed by atoms with Gasteiger partial charge in [-0.05, 0) is 36.8 Å². The van der Waals surface area contributed by atoms with E-state index < -0.39 is 6.09 Å². The Morgan fingerprint density at radius 2 is 2.00 bits per heavy atom. The van der Waals surface area contributed by atoms with Crippen LogP contribution in [0.3, 0.4) is 0 Å². The predicted octanol–water partition coefficient (Wildman–Crippen LogP) is 3.32. The Hall–Kier alpha value is -2.76. The number of nitrogens with zero attached hydrogens (tertiary/aromatic N) is 1. The summed E-state index contributed by atoms with van der Waals surface area (Å²) in [6, 6.07) is 9.33. The van der Waals surface area contributed by atoms with Crippen LogP contribution in [0.4, 0.5) is 22.0 Å². The van der Waals surface area contributed by atoms with Gasteiger partial charge in [0, 0.05) is 0 Å². The summed E-state index contributed by atoms with van der Waals surface area (Å²) in [5, 5.41) is 5.72. The van der Waals surface area contributed by atoms with Crippen LogP contribution in [0.2, 0.25) is 0 Å². The number of hydrogen-bond acceptors (Lipinski definition) is 5. The van der Waals surface area contributed by atoms with Gasteiger partial charge in [0.1, 0.15) is 11.6 Å². The van der Waals surface area contributed by atoms with Crippen LogP contribution in [0.25, 0.3) is 0 Å². The second kappa shape index (κ2) is 6.60. The molecule has 0 spiro atoms. The molecule has 1 heterocycles. The van der Waals surface area contributed by atoms with Crippen LogP contribution < -0.4 is 15.4 Å². The SMILES string of the molecule is COC(=O)Nc1ccc(Nc2cc(C)ccc2OC)nc1. The molecule has 1 aromatic heterocycles. The Bertz CT molecular complexity index is 627. The second-order valence-electron chi connectivity index (χ2n) is 4.38. The maximum Gasteiger partial charge on any atom is 0.411 e. The van der Waals surface area contributed by atoms with E-state index >= 15 is 0 Å². The van der Waals surface area contributed by atoms with Gasteiger partial charge in [0.15, 0.2) is 0 Å². The van der Waals surface area contributed by atoms with Crippen LogP contribution in [0.15, 0.2) is 36.5 Å². The standard InChI is InChI=1S/C15H17N3O3/c1-10-4-6-13(20-2)12(8-10)18-14-7-5-11(9-16-14)17-15(19)21-3/h4-9H,1-3H3,(H,16,18)(H,17,19). The lowest BCUT2D eigenvalue weighted by atomic mass is 10.2. The summed E-state index contributed by atoms with van der Waals surface area (Å²) in [6.45, 7) is 2.00. The third-order valence-electron chi connectivity index (χ3n) is 2.81. The fraction of sp³-hybridized carbons (Fsp3) is 0.200. The third kappa shape index (κ3) is 3.85. The van der Waals surface area contributed by atoms with Crippen molar-refractivity contribution in [2.24, 2.45) is 0 Å². The zero-order valence-corrected chi connectivity index (χ0v) is 12.1. The number of hydrogen-bond donors (Lipinski definition) is 2. The molecule has 0 aliphatic carbocycles. The maximum absolute atomic E-state index is 11.1. The molecule has 0 aliphatic heterocycles. The van der Waals surface area contributed by atoms with Crippen molar-refractivity contribution in [1.82, 2.24) is 4.98 Å². The minimum atomic E-state index is -0.530. The fourth-order valence-electron chi connectivity index (χ4n) is 1.77. The molecule has 0 bridgehead atoms. The van der Waals surface area contributed by atoms with Gasteiger partial charge in [-0.25, -0.2) is 9.78 Å². The zero-order valence-electron chi connectivity index (χ0n) is 12.1. The van der Waals surface area contributed by atoms with Crippen molar-refractivity contribution < 1.29 is 14.3 Å². The molecule has 0 saturated carbocycles. The number of nitrogens with one attached hydrogen (secondary N) is 2. The summed E-state index contributed by atoms with van der Waals surface area (Å²) in [6.07, 6.45) is 1.01. The van der Waals surface area contributed by atoms with Gasteiger partial charge < -0.3 is 14.8 Å². The Balaban J connectivity index is 2.13. The Morgan fingerprint density at radius 3 is 2.62 bits per heavy atom. The first-order valence-corrected chi connectivity index (χ1v) is 6.35. The molecule has 0 saturated heterocycles. The van der Waals surface area contributed by atoms with Gasteiger partial charge in [-0.2, -0.15) is 0 Å². The number of pyridine rings is 1. The van der Waals surface area contributed by atoms with Gasteiger partial charge in [-0.3, -0.25) is 5.32 Å². The molecule has 0 aliphatic rings. The molecule has 2 aromatic rings. The number of carbonyl (C=O) groups is 1. The average molecular weight is 287 g/mol. The molecule has 6 nitrogen and oxygen atoms in total. The van der Waals surface area contributed by atoms with Crippen LogP contribution >= 0.6 is 0 Å². The zero-order chi connectivity index (χ0) is 15.2. The fourth-order valence-corrected chi connectivity index (χ4v) is 1.77. The van der Waals surface area contributed by atoms with E-state index in [1.165, 1.54) is 7.11 Å². The molecule has 110 valence electrons. The van der Waals surface area contributed by atoms with Crippen molar-refractivity contribution in [2.75, 3.05) is 24.9 Å². The molecule has 0 unspecified atom stereocenters. The maximum atomic E-state index is 11.1. The van der Waals surface area contributed by atoms with Gasteiger partial charge in [0.2, 0.25) is 0 Å². The minimum Gasteiger partial charge on any atom is -0.495 e. The van der Waals surface area contributed by atoms with E-state index in [1.54, 1.807) is 25.4 Å². The van der Waals surface area contributed by atoms with Crippen molar-refractivity contribution >= 4 is 23.3 Å². The average Bonchev–Trinajstić information content (AvgIpc) is 2.49. The largest absolute Gasteiger partial charge is 0.495 e. The topological polar surface area (TPSA) is 72.5 Å². The number of amides is 1. The molecule has 1 aromatic carbocycles. The number of aromatic nitrogens is 1. The molecule has 1 amide bonds. The lowest BCUT2D eigenvalue weighted by Crippen LogP contribution is -2.11. The molecular weight excluding hydrogens is 270 g/mol. The number of ether oxygens (including phenoxy) is 2. The molecule has 2 rings (SSSR count). The van der Waals surface area contributed by atoms with E-state index in [1.807, 2.05) is 25.1 Å². The highest BCUT2D eigenvalue weighted by atomic mass is 16.5. The van der Waals surface area contributed by atoms with E-state index in [2.05, 4.69) is 20.4 Å². The first-order chi connectivity index (χ1) is 10.1. The Kier molecular flexibility index (Phi) is 4.61. The number of aryl methyl sites for hydroxylation is 1. The molecule has 0 atom stereocenters. The summed E-state index contributed by atoms with van der Waals surface area (Å²) >= 11 is 0. The first-order valence-electron chi connectivity index (χ1n) is 6.35. The quantitative estimate of drug-likeness (QED) is 0.902. The van der Waals surface area contributed by atoms with Crippen molar-refractivity contribution in [3.63, 3.8) is 0 Å². The molecule has 2 N–H and O–H groups in total. The highest BCUT2D eigenvalue weighted by Crippen LogP contribution is 2.28. The van der Waals surface area contributed by atoms with Crippen LogP contribution in [-0.2, 0) is 4.74 Å². The number of anilines is 3. The molecular formula is C15H17N3O3. The molecule has 0 fully saturated rings.